The van der Waals surface area contributed by atoms with E-state index in [1.54, 1.807) is 0 Å². The Labute approximate surface area is 144 Å². The van der Waals surface area contributed by atoms with Crippen molar-refractivity contribution in [1.29, 1.82) is 0 Å². The molecule has 0 radical (unpaired) electrons. The summed E-state index contributed by atoms with van der Waals surface area (Å²) in [7, 11) is 0. The van der Waals surface area contributed by atoms with Crippen LogP contribution in [-0.4, -0.2) is 39.3 Å². The highest BCUT2D eigenvalue weighted by Crippen LogP contribution is 2.20. The summed E-state index contributed by atoms with van der Waals surface area (Å²) in [5, 5.41) is 8.93. The third kappa shape index (κ3) is 3.59. The number of aromatic nitrogens is 3. The van der Waals surface area contributed by atoms with Gasteiger partial charge < -0.3 is 9.47 Å². The molecule has 0 saturated carbocycles. The van der Waals surface area contributed by atoms with E-state index in [1.165, 1.54) is 31.4 Å². The lowest BCUT2D eigenvalue weighted by Crippen LogP contribution is -2.32. The molecule has 1 aromatic carbocycles. The standard InChI is InChI=1S/C20H26N4/c1-3-7-17(8-4-1)15-20-22-21-19-11-12-23(13-14-24(19)20)16-18-9-5-2-6-10-18/h1-5,7-8,18H,6,9-16H2. The molecule has 2 heterocycles. The van der Waals surface area contributed by atoms with Crippen molar-refractivity contribution in [2.45, 2.75) is 38.6 Å². The van der Waals surface area contributed by atoms with Gasteiger partial charge in [-0.15, -0.1) is 10.2 Å². The van der Waals surface area contributed by atoms with Crippen LogP contribution in [0.5, 0.6) is 0 Å². The van der Waals surface area contributed by atoms with Crippen LogP contribution in [0.15, 0.2) is 42.5 Å². The first-order chi connectivity index (χ1) is 11.9. The van der Waals surface area contributed by atoms with E-state index in [2.05, 4.69) is 62.1 Å². The average Bonchev–Trinajstić information content (AvgIpc) is 2.89. The third-order valence-electron chi connectivity index (χ3n) is 5.29. The first-order valence-electron chi connectivity index (χ1n) is 9.21. The quantitative estimate of drug-likeness (QED) is 0.811. The van der Waals surface area contributed by atoms with Crippen LogP contribution in [-0.2, 0) is 19.4 Å². The maximum absolute atomic E-state index is 4.47. The SMILES string of the molecule is C1=CCC(CN2CCc3nnc(Cc4ccccc4)n3CC2)CC1. The van der Waals surface area contributed by atoms with E-state index in [4.69, 9.17) is 0 Å². The first-order valence-corrected chi connectivity index (χ1v) is 9.21. The molecule has 0 bridgehead atoms. The van der Waals surface area contributed by atoms with Crippen molar-refractivity contribution in [1.82, 2.24) is 19.7 Å². The number of nitrogens with zero attached hydrogens (tertiary/aromatic N) is 4. The van der Waals surface area contributed by atoms with E-state index in [9.17, 15) is 0 Å². The van der Waals surface area contributed by atoms with Crippen LogP contribution in [0.25, 0.3) is 0 Å². The lowest BCUT2D eigenvalue weighted by Gasteiger charge is -2.26. The summed E-state index contributed by atoms with van der Waals surface area (Å²) in [6, 6.07) is 10.6. The molecule has 24 heavy (non-hydrogen) atoms. The van der Waals surface area contributed by atoms with Gasteiger partial charge in [0.15, 0.2) is 0 Å². The van der Waals surface area contributed by atoms with Gasteiger partial charge in [-0.3, -0.25) is 0 Å². The second-order valence-corrected chi connectivity index (χ2v) is 7.05. The molecule has 0 saturated heterocycles. The number of hydrogen-bond donors (Lipinski definition) is 0. The molecule has 0 N–H and O–H groups in total. The summed E-state index contributed by atoms with van der Waals surface area (Å²) in [5.74, 6) is 3.10. The van der Waals surface area contributed by atoms with Crippen molar-refractivity contribution >= 4 is 0 Å². The van der Waals surface area contributed by atoms with Gasteiger partial charge in [-0.1, -0.05) is 42.5 Å². The van der Waals surface area contributed by atoms with Crippen LogP contribution in [0.4, 0.5) is 0 Å². The fourth-order valence-corrected chi connectivity index (χ4v) is 3.91. The molecule has 0 amide bonds. The summed E-state index contributed by atoms with van der Waals surface area (Å²) < 4.78 is 2.35. The molecule has 0 fully saturated rings. The minimum Gasteiger partial charge on any atom is -0.313 e. The maximum atomic E-state index is 4.47. The Hall–Kier alpha value is -1.94. The van der Waals surface area contributed by atoms with Crippen LogP contribution in [0.2, 0.25) is 0 Å². The van der Waals surface area contributed by atoms with Crippen molar-refractivity contribution in [3.63, 3.8) is 0 Å². The fourth-order valence-electron chi connectivity index (χ4n) is 3.91. The zero-order valence-electron chi connectivity index (χ0n) is 14.3. The molecule has 1 aliphatic heterocycles. The highest BCUT2D eigenvalue weighted by molar-refractivity contribution is 5.19. The van der Waals surface area contributed by atoms with Crippen LogP contribution < -0.4 is 0 Å². The Balaban J connectivity index is 1.41. The summed E-state index contributed by atoms with van der Waals surface area (Å²) in [6.45, 7) is 4.49. The van der Waals surface area contributed by atoms with Crippen LogP contribution in [0.1, 0.15) is 36.5 Å². The van der Waals surface area contributed by atoms with Crippen molar-refractivity contribution in [2.24, 2.45) is 5.92 Å². The summed E-state index contributed by atoms with van der Waals surface area (Å²) in [5.41, 5.74) is 1.31. The lowest BCUT2D eigenvalue weighted by atomic mass is 9.94. The maximum Gasteiger partial charge on any atom is 0.137 e. The van der Waals surface area contributed by atoms with Gasteiger partial charge in [0.1, 0.15) is 11.6 Å². The molecular weight excluding hydrogens is 296 g/mol. The Morgan fingerprint density at radius 3 is 2.75 bits per heavy atom. The zero-order chi connectivity index (χ0) is 16.2. The van der Waals surface area contributed by atoms with E-state index in [0.717, 1.165) is 50.0 Å². The Bertz CT molecular complexity index is 689. The minimum absolute atomic E-state index is 0.835. The van der Waals surface area contributed by atoms with Crippen LogP contribution >= 0.6 is 0 Å². The molecule has 4 nitrogen and oxygen atoms in total. The van der Waals surface area contributed by atoms with Gasteiger partial charge in [0.25, 0.3) is 0 Å². The third-order valence-corrected chi connectivity index (χ3v) is 5.29. The normalized spacial score (nSPS) is 21.4. The molecule has 1 aromatic heterocycles. The largest absolute Gasteiger partial charge is 0.313 e. The van der Waals surface area contributed by atoms with Crippen molar-refractivity contribution in [3.8, 4) is 0 Å². The monoisotopic (exact) mass is 322 g/mol. The number of benzene rings is 1. The molecule has 0 spiro atoms. The smallest absolute Gasteiger partial charge is 0.137 e. The predicted octanol–water partition coefficient (Wildman–Crippen LogP) is 3.08. The molecule has 1 atom stereocenters. The van der Waals surface area contributed by atoms with Crippen molar-refractivity contribution in [3.05, 3.63) is 59.7 Å². The van der Waals surface area contributed by atoms with E-state index in [0.29, 0.717) is 0 Å². The number of fused-ring (bicyclic) bond motifs is 1. The molecule has 2 aromatic rings. The highest BCUT2D eigenvalue weighted by atomic mass is 15.3. The summed E-state index contributed by atoms with van der Waals surface area (Å²) in [6.07, 6.45) is 10.4. The van der Waals surface area contributed by atoms with Gasteiger partial charge in [-0.05, 0) is 30.7 Å². The van der Waals surface area contributed by atoms with Crippen molar-refractivity contribution < 1.29 is 0 Å². The van der Waals surface area contributed by atoms with Gasteiger partial charge in [0.05, 0.1) is 0 Å². The van der Waals surface area contributed by atoms with Crippen molar-refractivity contribution in [2.75, 3.05) is 19.6 Å². The van der Waals surface area contributed by atoms with Crippen LogP contribution in [0.3, 0.4) is 0 Å². The number of allylic oxidation sites excluding steroid dienone is 2. The van der Waals surface area contributed by atoms with Gasteiger partial charge in [-0.2, -0.15) is 0 Å². The van der Waals surface area contributed by atoms with Gasteiger partial charge >= 0.3 is 0 Å². The van der Waals surface area contributed by atoms with Gasteiger partial charge in [0, 0.05) is 39.0 Å². The topological polar surface area (TPSA) is 34.0 Å². The Morgan fingerprint density at radius 2 is 1.92 bits per heavy atom. The molecule has 2 aliphatic rings. The van der Waals surface area contributed by atoms with E-state index in [1.807, 2.05) is 0 Å². The average molecular weight is 322 g/mol. The zero-order valence-corrected chi connectivity index (χ0v) is 14.3. The summed E-state index contributed by atoms with van der Waals surface area (Å²) in [4.78, 5) is 2.63. The second-order valence-electron chi connectivity index (χ2n) is 7.05. The highest BCUT2D eigenvalue weighted by Gasteiger charge is 2.21. The molecule has 1 unspecified atom stereocenters. The minimum atomic E-state index is 0.835. The Kier molecular flexibility index (Phi) is 4.74. The molecule has 4 heteroatoms. The first kappa shape index (κ1) is 15.6. The van der Waals surface area contributed by atoms with E-state index in [-0.39, 0.29) is 0 Å². The van der Waals surface area contributed by atoms with Gasteiger partial charge in [0.2, 0.25) is 0 Å². The second kappa shape index (κ2) is 7.31. The van der Waals surface area contributed by atoms with E-state index < -0.39 is 0 Å². The fraction of sp³-hybridized carbons (Fsp3) is 0.500. The number of hydrogen-bond acceptors (Lipinski definition) is 3. The molecule has 1 aliphatic carbocycles. The Morgan fingerprint density at radius 1 is 1.00 bits per heavy atom. The van der Waals surface area contributed by atoms with Crippen LogP contribution in [0, 0.1) is 5.92 Å². The summed E-state index contributed by atoms with van der Waals surface area (Å²) >= 11 is 0. The predicted molar refractivity (Wildman–Crippen MR) is 95.9 cm³/mol. The molecule has 126 valence electrons. The lowest BCUT2D eigenvalue weighted by molar-refractivity contribution is 0.226. The molecular formula is C20H26N4. The number of rotatable bonds is 4. The van der Waals surface area contributed by atoms with E-state index >= 15 is 0 Å². The van der Waals surface area contributed by atoms with Gasteiger partial charge in [-0.25, -0.2) is 0 Å². The molecule has 4 rings (SSSR count).